The summed E-state index contributed by atoms with van der Waals surface area (Å²) in [6, 6.07) is -0.323. The van der Waals surface area contributed by atoms with Crippen LogP contribution in [0.1, 0.15) is 48.5 Å². The van der Waals surface area contributed by atoms with Gasteiger partial charge in [-0.2, -0.15) is 0 Å². The number of aliphatic carboxylic acids is 1. The second kappa shape index (κ2) is 6.46. The van der Waals surface area contributed by atoms with Crippen molar-refractivity contribution in [3.05, 3.63) is 26.4 Å². The number of carboxylic acids is 1. The molecular formula is C13H17N3O6. The summed E-state index contributed by atoms with van der Waals surface area (Å²) >= 11 is 0. The molecule has 0 unspecified atom stereocenters. The predicted molar refractivity (Wildman–Crippen MR) is 75.1 cm³/mol. The SMILES string of the molecule is O=C(O)CNC(=O)c1c(O)[nH]c(=O)n(C2CCCCC2)c1=O. The number of aromatic amines is 1. The van der Waals surface area contributed by atoms with E-state index in [9.17, 15) is 24.3 Å². The fourth-order valence-electron chi connectivity index (χ4n) is 2.66. The summed E-state index contributed by atoms with van der Waals surface area (Å²) < 4.78 is 0.939. The number of amides is 1. The van der Waals surface area contributed by atoms with Crippen LogP contribution in [0.2, 0.25) is 0 Å². The van der Waals surface area contributed by atoms with Crippen molar-refractivity contribution in [1.29, 1.82) is 0 Å². The van der Waals surface area contributed by atoms with Crippen LogP contribution in [0.25, 0.3) is 0 Å². The van der Waals surface area contributed by atoms with E-state index in [1.807, 2.05) is 5.32 Å². The fraction of sp³-hybridized carbons (Fsp3) is 0.538. The first-order valence-electron chi connectivity index (χ1n) is 6.99. The second-order valence-electron chi connectivity index (χ2n) is 5.20. The van der Waals surface area contributed by atoms with Crippen LogP contribution >= 0.6 is 0 Å². The van der Waals surface area contributed by atoms with E-state index in [1.54, 1.807) is 0 Å². The molecule has 22 heavy (non-hydrogen) atoms. The lowest BCUT2D eigenvalue weighted by atomic mass is 9.95. The highest BCUT2D eigenvalue weighted by molar-refractivity contribution is 5.97. The first-order valence-corrected chi connectivity index (χ1v) is 6.99. The number of carbonyl (C=O) groups excluding carboxylic acids is 1. The highest BCUT2D eigenvalue weighted by Crippen LogP contribution is 2.26. The number of nitrogens with zero attached hydrogens (tertiary/aromatic N) is 1. The molecule has 1 aliphatic rings. The first kappa shape index (κ1) is 15.8. The van der Waals surface area contributed by atoms with Crippen LogP contribution in [0.5, 0.6) is 5.88 Å². The molecule has 1 heterocycles. The zero-order valence-corrected chi connectivity index (χ0v) is 11.8. The van der Waals surface area contributed by atoms with Crippen LogP contribution in [0.4, 0.5) is 0 Å². The lowest BCUT2D eigenvalue weighted by Crippen LogP contribution is -2.43. The number of aromatic hydroxyl groups is 1. The van der Waals surface area contributed by atoms with Gasteiger partial charge in [-0.25, -0.2) is 4.79 Å². The zero-order valence-electron chi connectivity index (χ0n) is 11.8. The minimum Gasteiger partial charge on any atom is -0.494 e. The number of carbonyl (C=O) groups is 2. The van der Waals surface area contributed by atoms with E-state index in [-0.39, 0.29) is 6.04 Å². The summed E-state index contributed by atoms with van der Waals surface area (Å²) in [4.78, 5) is 48.7. The normalized spacial score (nSPS) is 15.5. The Morgan fingerprint density at radius 2 is 1.86 bits per heavy atom. The Bertz CT molecular complexity index is 699. The molecule has 0 aromatic carbocycles. The zero-order chi connectivity index (χ0) is 16.3. The predicted octanol–water partition coefficient (Wildman–Crippen LogP) is -0.438. The highest BCUT2D eigenvalue weighted by Gasteiger charge is 2.25. The van der Waals surface area contributed by atoms with Gasteiger partial charge in [0.05, 0.1) is 0 Å². The number of rotatable bonds is 4. The van der Waals surface area contributed by atoms with Crippen molar-refractivity contribution in [2.75, 3.05) is 6.54 Å². The van der Waals surface area contributed by atoms with Gasteiger partial charge in [0, 0.05) is 6.04 Å². The maximum atomic E-state index is 12.4. The van der Waals surface area contributed by atoms with E-state index in [4.69, 9.17) is 5.11 Å². The molecule has 9 heteroatoms. The molecule has 1 aliphatic carbocycles. The lowest BCUT2D eigenvalue weighted by Gasteiger charge is -2.23. The third-order valence-electron chi connectivity index (χ3n) is 3.68. The highest BCUT2D eigenvalue weighted by atomic mass is 16.4. The van der Waals surface area contributed by atoms with Gasteiger partial charge in [0.1, 0.15) is 6.54 Å². The van der Waals surface area contributed by atoms with E-state index >= 15 is 0 Å². The van der Waals surface area contributed by atoms with E-state index in [1.165, 1.54) is 0 Å². The van der Waals surface area contributed by atoms with E-state index in [0.29, 0.717) is 12.8 Å². The Hall–Kier alpha value is -2.58. The molecule has 4 N–H and O–H groups in total. The number of aromatic nitrogens is 2. The van der Waals surface area contributed by atoms with E-state index in [0.717, 1.165) is 23.8 Å². The Morgan fingerprint density at radius 3 is 2.45 bits per heavy atom. The quantitative estimate of drug-likeness (QED) is 0.594. The molecule has 1 fully saturated rings. The van der Waals surface area contributed by atoms with Crippen LogP contribution in [-0.2, 0) is 4.79 Å². The van der Waals surface area contributed by atoms with Crippen molar-refractivity contribution < 1.29 is 19.8 Å². The molecule has 0 atom stereocenters. The fourth-order valence-corrected chi connectivity index (χ4v) is 2.66. The Labute approximate surface area is 124 Å². The number of hydrogen-bond donors (Lipinski definition) is 4. The number of H-pyrrole nitrogens is 1. The Balaban J connectivity index is 2.42. The topological polar surface area (TPSA) is 141 Å². The van der Waals surface area contributed by atoms with Crippen molar-refractivity contribution in [3.8, 4) is 5.88 Å². The molecule has 120 valence electrons. The minimum absolute atomic E-state index is 0.323. The Morgan fingerprint density at radius 1 is 1.23 bits per heavy atom. The van der Waals surface area contributed by atoms with Gasteiger partial charge in [-0.3, -0.25) is 23.9 Å². The lowest BCUT2D eigenvalue weighted by molar-refractivity contribution is -0.135. The molecule has 1 saturated carbocycles. The average Bonchev–Trinajstić information content (AvgIpc) is 2.45. The van der Waals surface area contributed by atoms with E-state index in [2.05, 4.69) is 4.98 Å². The van der Waals surface area contributed by atoms with Gasteiger partial charge < -0.3 is 15.5 Å². The molecular weight excluding hydrogens is 294 g/mol. The third-order valence-corrected chi connectivity index (χ3v) is 3.68. The average molecular weight is 311 g/mol. The summed E-state index contributed by atoms with van der Waals surface area (Å²) in [5.74, 6) is -3.18. The molecule has 1 aromatic rings. The van der Waals surface area contributed by atoms with Crippen LogP contribution in [-0.4, -0.2) is 38.2 Å². The molecule has 0 saturated heterocycles. The van der Waals surface area contributed by atoms with Gasteiger partial charge in [-0.1, -0.05) is 19.3 Å². The van der Waals surface area contributed by atoms with Gasteiger partial charge in [0.15, 0.2) is 5.56 Å². The molecule has 0 radical (unpaired) electrons. The molecule has 9 nitrogen and oxygen atoms in total. The number of hydrogen-bond acceptors (Lipinski definition) is 5. The largest absolute Gasteiger partial charge is 0.494 e. The molecule has 2 rings (SSSR count). The van der Waals surface area contributed by atoms with Crippen molar-refractivity contribution >= 4 is 11.9 Å². The Kier molecular flexibility index (Phi) is 4.64. The van der Waals surface area contributed by atoms with Gasteiger partial charge in [-0.15, -0.1) is 0 Å². The summed E-state index contributed by atoms with van der Waals surface area (Å²) in [6.07, 6.45) is 4.05. The van der Waals surface area contributed by atoms with Crippen molar-refractivity contribution in [3.63, 3.8) is 0 Å². The maximum Gasteiger partial charge on any atom is 0.331 e. The van der Waals surface area contributed by atoms with Crippen LogP contribution in [0.3, 0.4) is 0 Å². The maximum absolute atomic E-state index is 12.4. The molecule has 0 bridgehead atoms. The van der Waals surface area contributed by atoms with Gasteiger partial charge in [0.2, 0.25) is 5.88 Å². The smallest absolute Gasteiger partial charge is 0.331 e. The summed E-state index contributed by atoms with van der Waals surface area (Å²) in [7, 11) is 0. The van der Waals surface area contributed by atoms with Gasteiger partial charge in [0.25, 0.3) is 11.5 Å². The minimum atomic E-state index is -1.29. The van der Waals surface area contributed by atoms with Crippen molar-refractivity contribution in [2.45, 2.75) is 38.1 Å². The summed E-state index contributed by atoms with van der Waals surface area (Å²) in [6.45, 7) is -0.694. The van der Waals surface area contributed by atoms with Crippen LogP contribution < -0.4 is 16.6 Å². The van der Waals surface area contributed by atoms with Gasteiger partial charge in [-0.05, 0) is 12.8 Å². The molecule has 1 amide bonds. The standard InChI is InChI=1S/C13H17N3O6/c17-8(18)6-14-10(19)9-11(20)15-13(22)16(12(9)21)7-4-2-1-3-5-7/h7,20H,1-6H2,(H,14,19)(H,15,22)(H,17,18). The van der Waals surface area contributed by atoms with E-state index < -0.39 is 41.1 Å². The van der Waals surface area contributed by atoms with Crippen LogP contribution in [0.15, 0.2) is 9.59 Å². The monoisotopic (exact) mass is 311 g/mol. The van der Waals surface area contributed by atoms with Crippen molar-refractivity contribution in [1.82, 2.24) is 14.9 Å². The van der Waals surface area contributed by atoms with Gasteiger partial charge >= 0.3 is 11.7 Å². The summed E-state index contributed by atoms with van der Waals surface area (Å²) in [5, 5.41) is 20.2. The molecule has 0 spiro atoms. The number of carboxylic acid groups (broad SMARTS) is 1. The first-order chi connectivity index (χ1) is 10.4. The molecule has 1 aromatic heterocycles. The summed E-state index contributed by atoms with van der Waals surface area (Å²) in [5.41, 5.74) is -2.33. The second-order valence-corrected chi connectivity index (χ2v) is 5.20. The molecule has 0 aliphatic heterocycles. The number of nitrogens with one attached hydrogen (secondary N) is 2. The van der Waals surface area contributed by atoms with Crippen LogP contribution in [0, 0.1) is 0 Å². The third kappa shape index (κ3) is 3.18. The van der Waals surface area contributed by atoms with Crippen molar-refractivity contribution in [2.24, 2.45) is 0 Å².